The summed E-state index contributed by atoms with van der Waals surface area (Å²) in [4.78, 5) is 2.51. The van der Waals surface area contributed by atoms with Crippen LogP contribution in [-0.4, -0.2) is 50.0 Å². The molecule has 0 spiro atoms. The molecule has 1 atom stereocenters. The second kappa shape index (κ2) is 8.19. The standard InChI is InChI=1S/C23H25N5O/c1-2-4-19(5-3-1)16-29-22-9-10-26(15-22)12-13-27-11-8-20-14-21(6-7-23(20)27)28-17-24-25-18-28/h1-8,11,14,17-18,22H,9-10,12-13,15-16H2/t22-/m1/s1. The summed E-state index contributed by atoms with van der Waals surface area (Å²) in [6, 6.07) is 19.1. The van der Waals surface area contributed by atoms with Crippen LogP contribution in [0.4, 0.5) is 0 Å². The average molecular weight is 387 g/mol. The Kier molecular flexibility index (Phi) is 5.11. The van der Waals surface area contributed by atoms with Gasteiger partial charge in [-0.2, -0.15) is 0 Å². The summed E-state index contributed by atoms with van der Waals surface area (Å²) in [7, 11) is 0. The zero-order valence-electron chi connectivity index (χ0n) is 16.4. The van der Waals surface area contributed by atoms with Crippen molar-refractivity contribution < 1.29 is 4.74 Å². The largest absolute Gasteiger partial charge is 0.372 e. The summed E-state index contributed by atoms with van der Waals surface area (Å²) >= 11 is 0. The van der Waals surface area contributed by atoms with E-state index in [9.17, 15) is 0 Å². The van der Waals surface area contributed by atoms with Gasteiger partial charge in [-0.25, -0.2) is 0 Å². The topological polar surface area (TPSA) is 48.1 Å². The maximum Gasteiger partial charge on any atom is 0.123 e. The van der Waals surface area contributed by atoms with Gasteiger partial charge in [-0.3, -0.25) is 9.47 Å². The summed E-state index contributed by atoms with van der Waals surface area (Å²) in [5, 5.41) is 9.01. The van der Waals surface area contributed by atoms with Crippen LogP contribution >= 0.6 is 0 Å². The normalized spacial score (nSPS) is 17.3. The molecule has 6 heteroatoms. The van der Waals surface area contributed by atoms with Crippen LogP contribution in [0, 0.1) is 0 Å². The highest BCUT2D eigenvalue weighted by atomic mass is 16.5. The summed E-state index contributed by atoms with van der Waals surface area (Å²) in [6.45, 7) is 4.86. The van der Waals surface area contributed by atoms with Gasteiger partial charge in [0, 0.05) is 49.0 Å². The lowest BCUT2D eigenvalue weighted by atomic mass is 10.2. The maximum absolute atomic E-state index is 6.11. The lowest BCUT2D eigenvalue weighted by Gasteiger charge is -2.17. The molecule has 3 heterocycles. The van der Waals surface area contributed by atoms with Gasteiger partial charge in [0.15, 0.2) is 0 Å². The van der Waals surface area contributed by atoms with Crippen LogP contribution in [0.5, 0.6) is 0 Å². The summed E-state index contributed by atoms with van der Waals surface area (Å²) in [6.07, 6.45) is 7.08. The molecular formula is C23H25N5O. The Morgan fingerprint density at radius 3 is 2.69 bits per heavy atom. The molecule has 29 heavy (non-hydrogen) atoms. The van der Waals surface area contributed by atoms with E-state index in [2.05, 4.69) is 74.4 Å². The molecule has 0 unspecified atom stereocenters. The van der Waals surface area contributed by atoms with Crippen molar-refractivity contribution in [1.29, 1.82) is 0 Å². The van der Waals surface area contributed by atoms with E-state index in [0.29, 0.717) is 12.7 Å². The van der Waals surface area contributed by atoms with Crippen molar-refractivity contribution in [2.24, 2.45) is 0 Å². The van der Waals surface area contributed by atoms with E-state index in [1.165, 1.54) is 16.5 Å². The highest BCUT2D eigenvalue weighted by Gasteiger charge is 2.22. The Hall–Kier alpha value is -2.96. The maximum atomic E-state index is 6.11. The van der Waals surface area contributed by atoms with Gasteiger partial charge in [0.1, 0.15) is 12.7 Å². The number of nitrogens with zero attached hydrogens (tertiary/aromatic N) is 5. The zero-order valence-corrected chi connectivity index (χ0v) is 16.4. The van der Waals surface area contributed by atoms with E-state index >= 15 is 0 Å². The molecule has 1 saturated heterocycles. The smallest absolute Gasteiger partial charge is 0.123 e. The molecule has 2 aromatic heterocycles. The lowest BCUT2D eigenvalue weighted by Crippen LogP contribution is -2.26. The zero-order chi connectivity index (χ0) is 19.5. The molecule has 148 valence electrons. The molecule has 0 N–H and O–H groups in total. The molecule has 0 aliphatic carbocycles. The fourth-order valence-electron chi connectivity index (χ4n) is 4.05. The summed E-state index contributed by atoms with van der Waals surface area (Å²) in [5.74, 6) is 0. The van der Waals surface area contributed by atoms with E-state index in [0.717, 1.165) is 38.3 Å². The van der Waals surface area contributed by atoms with E-state index in [1.54, 1.807) is 12.7 Å². The van der Waals surface area contributed by atoms with Gasteiger partial charge in [0.25, 0.3) is 0 Å². The molecule has 1 fully saturated rings. The third kappa shape index (κ3) is 4.09. The minimum absolute atomic E-state index is 0.336. The number of hydrogen-bond acceptors (Lipinski definition) is 4. The molecular weight excluding hydrogens is 362 g/mol. The highest BCUT2D eigenvalue weighted by Crippen LogP contribution is 2.21. The molecule has 4 aromatic rings. The Labute approximate surface area is 170 Å². The average Bonchev–Trinajstić information content (AvgIpc) is 3.52. The van der Waals surface area contributed by atoms with Crippen LogP contribution in [0.25, 0.3) is 16.6 Å². The summed E-state index contributed by atoms with van der Waals surface area (Å²) < 4.78 is 10.4. The Morgan fingerprint density at radius 1 is 0.966 bits per heavy atom. The molecule has 0 bridgehead atoms. The SMILES string of the molecule is c1ccc(CO[C@@H]2CCN(CCn3ccc4cc(-n5cnnc5)ccc43)C2)cc1. The minimum Gasteiger partial charge on any atom is -0.372 e. The van der Waals surface area contributed by atoms with Crippen molar-refractivity contribution in [2.75, 3.05) is 19.6 Å². The molecule has 1 aliphatic heterocycles. The quantitative estimate of drug-likeness (QED) is 0.487. The molecule has 6 nitrogen and oxygen atoms in total. The van der Waals surface area contributed by atoms with E-state index < -0.39 is 0 Å². The number of ether oxygens (including phenoxy) is 1. The number of rotatable bonds is 7. The predicted octanol–water partition coefficient (Wildman–Crippen LogP) is 3.51. The lowest BCUT2D eigenvalue weighted by molar-refractivity contribution is 0.0465. The Morgan fingerprint density at radius 2 is 1.83 bits per heavy atom. The third-order valence-electron chi connectivity index (χ3n) is 5.69. The van der Waals surface area contributed by atoms with Crippen LogP contribution in [0.3, 0.4) is 0 Å². The first-order valence-corrected chi connectivity index (χ1v) is 10.2. The van der Waals surface area contributed by atoms with E-state index in [-0.39, 0.29) is 0 Å². The third-order valence-corrected chi connectivity index (χ3v) is 5.69. The van der Waals surface area contributed by atoms with Crippen molar-refractivity contribution in [1.82, 2.24) is 24.2 Å². The Balaban J connectivity index is 1.16. The van der Waals surface area contributed by atoms with Crippen molar-refractivity contribution >= 4 is 10.9 Å². The molecule has 1 aliphatic rings. The molecule has 0 amide bonds. The van der Waals surface area contributed by atoms with Gasteiger partial charge >= 0.3 is 0 Å². The van der Waals surface area contributed by atoms with Crippen LogP contribution < -0.4 is 0 Å². The predicted molar refractivity (Wildman–Crippen MR) is 113 cm³/mol. The van der Waals surface area contributed by atoms with Crippen LogP contribution in [0.2, 0.25) is 0 Å². The second-order valence-corrected chi connectivity index (χ2v) is 7.63. The fraction of sp³-hybridized carbons (Fsp3) is 0.304. The number of aromatic nitrogens is 4. The van der Waals surface area contributed by atoms with Gasteiger partial charge < -0.3 is 9.30 Å². The fourth-order valence-corrected chi connectivity index (χ4v) is 4.05. The summed E-state index contributed by atoms with van der Waals surface area (Å²) in [5.41, 5.74) is 3.59. The van der Waals surface area contributed by atoms with Gasteiger partial charge in [0.05, 0.1) is 12.7 Å². The molecule has 2 aromatic carbocycles. The molecule has 5 rings (SSSR count). The number of likely N-dealkylation sites (tertiary alicyclic amines) is 1. The van der Waals surface area contributed by atoms with Crippen molar-refractivity contribution in [3.05, 3.63) is 79.0 Å². The first-order chi connectivity index (χ1) is 14.3. The van der Waals surface area contributed by atoms with Gasteiger partial charge in [-0.1, -0.05) is 30.3 Å². The molecule has 0 radical (unpaired) electrons. The van der Waals surface area contributed by atoms with Gasteiger partial charge in [-0.05, 0) is 36.2 Å². The molecule has 0 saturated carbocycles. The second-order valence-electron chi connectivity index (χ2n) is 7.63. The van der Waals surface area contributed by atoms with Gasteiger partial charge in [-0.15, -0.1) is 10.2 Å². The van der Waals surface area contributed by atoms with Crippen LogP contribution in [0.15, 0.2) is 73.4 Å². The van der Waals surface area contributed by atoms with Crippen LogP contribution in [-0.2, 0) is 17.9 Å². The van der Waals surface area contributed by atoms with Gasteiger partial charge in [0.2, 0.25) is 0 Å². The number of fused-ring (bicyclic) bond motifs is 1. The number of hydrogen-bond donors (Lipinski definition) is 0. The van der Waals surface area contributed by atoms with E-state index in [4.69, 9.17) is 4.74 Å². The van der Waals surface area contributed by atoms with E-state index in [1.807, 2.05) is 10.6 Å². The van der Waals surface area contributed by atoms with Crippen molar-refractivity contribution in [3.8, 4) is 5.69 Å². The first-order valence-electron chi connectivity index (χ1n) is 10.2. The monoisotopic (exact) mass is 387 g/mol. The minimum atomic E-state index is 0.336. The Bertz CT molecular complexity index is 1060. The van der Waals surface area contributed by atoms with Crippen molar-refractivity contribution in [2.45, 2.75) is 25.7 Å². The van der Waals surface area contributed by atoms with Crippen LogP contribution in [0.1, 0.15) is 12.0 Å². The van der Waals surface area contributed by atoms with Crippen molar-refractivity contribution in [3.63, 3.8) is 0 Å². The number of benzene rings is 2. The highest BCUT2D eigenvalue weighted by molar-refractivity contribution is 5.82. The first kappa shape index (κ1) is 18.1.